The van der Waals surface area contributed by atoms with Crippen LogP contribution in [0, 0.1) is 75.2 Å². The Bertz CT molecular complexity index is 8070. The first-order chi connectivity index (χ1) is 71.4. The second kappa shape index (κ2) is 37.8. The first-order valence-corrected chi connectivity index (χ1v) is 58.2. The van der Waals surface area contributed by atoms with Crippen molar-refractivity contribution in [2.24, 2.45) is 5.92 Å². The fourth-order valence-electron chi connectivity index (χ4n) is 33.3. The van der Waals surface area contributed by atoms with Crippen molar-refractivity contribution in [3.05, 3.63) is 410 Å². The molecule has 0 aliphatic heterocycles. The van der Waals surface area contributed by atoms with Crippen LogP contribution in [0.4, 0.5) is 0 Å². The van der Waals surface area contributed by atoms with E-state index in [1.165, 1.54) is 349 Å². The summed E-state index contributed by atoms with van der Waals surface area (Å²) < 4.78 is 0. The molecular weight excluding hydrogens is 1750 g/mol. The fraction of sp³-hybridized carbons (Fsp3) is 0.384. The van der Waals surface area contributed by atoms with Crippen molar-refractivity contribution in [1.29, 1.82) is 0 Å². The predicted molar refractivity (Wildman–Crippen MR) is 626 cm³/mol. The van der Waals surface area contributed by atoms with Crippen LogP contribution in [0.25, 0.3) is 109 Å². The van der Waals surface area contributed by atoms with Crippen molar-refractivity contribution < 1.29 is 0 Å². The molecule has 4 spiro atoms. The van der Waals surface area contributed by atoms with Gasteiger partial charge in [0.05, 0.1) is 0 Å². The van der Waals surface area contributed by atoms with Crippen LogP contribution in [0.15, 0.2) is 248 Å². The largest absolute Gasteiger partial charge is 0.0829 e. The van der Waals surface area contributed by atoms with Crippen LogP contribution >= 0.6 is 0 Å². The molecular formula is C146H154. The molecule has 6 unspecified atom stereocenters. The van der Waals surface area contributed by atoms with Crippen molar-refractivity contribution in [3.63, 3.8) is 0 Å². The summed E-state index contributed by atoms with van der Waals surface area (Å²) in [4.78, 5) is 0. The van der Waals surface area contributed by atoms with E-state index in [-0.39, 0.29) is 27.1 Å². The summed E-state index contributed by atoms with van der Waals surface area (Å²) in [5.41, 5.74) is 63.6. The third-order valence-corrected chi connectivity index (χ3v) is 39.8. The standard InChI is InChI=1S/C37H52.C34H36.C29H24.C25H22.C21H20/c1-5-7-9-11-13-15-17-29-23-33-27(3)19-21-31-32-22-20-28(4)34-24-30(18-16-14-12-10-8-6-2)26-37(25-29,35(31)33)36(32)34;1-4-5-6-7-8-13-20-34-21-14-19-27-24(3)26-16-10-12-18-29(26)32(33(27)34)31-28-17-11-9-15-25(28)23(2)22-30(31)34;1-17-19-9-3-5-11-23(19)25-26-24-12-6-4-10-20(24)18(2)22-14-8-16-29(28(22)26)15-7-13-21(17)27(25)29;1-15-11-12-21-22-20-8-4-3-7-18(20)16(2)19-10-6-14-25(24(19)22)13-5-9-17(15)23(21)25;1-13-7-9-17-18-10-8-14(2)16-6-4-12-21(20(16)18)11-3-5-15(13)19(17)21/h19-22,25,30H,5-18,23-24,26H2,1-4H3;9-12,14-18,21-22H,4-8,13,19-20H2,1-3H3;3-7,9-12,15H,8,13-14,16H2,1-2H3;3-4,6-8,11-12,14H,5,9-10,13H2,1-2H3;3,7-11H,4-6,12H2,1-2H3. The van der Waals surface area contributed by atoms with Gasteiger partial charge >= 0.3 is 0 Å². The van der Waals surface area contributed by atoms with Gasteiger partial charge in [-0.25, -0.2) is 0 Å². The topological polar surface area (TPSA) is 0 Å². The van der Waals surface area contributed by atoms with Gasteiger partial charge < -0.3 is 0 Å². The van der Waals surface area contributed by atoms with Crippen LogP contribution in [0.2, 0.25) is 0 Å². The molecule has 0 amide bonds. The highest BCUT2D eigenvalue weighted by Gasteiger charge is 2.55. The number of benzene rings is 15. The Kier molecular flexibility index (Phi) is 24.7. The molecule has 0 radical (unpaired) electrons. The average molecular weight is 1910 g/mol. The smallest absolute Gasteiger partial charge is 0.0405 e. The number of aryl methyl sites for hydroxylation is 10. The van der Waals surface area contributed by atoms with Gasteiger partial charge in [-0.05, 0) is 468 Å². The molecule has 14 aliphatic rings. The molecule has 0 aromatic heterocycles. The molecule has 0 heterocycles. The Morgan fingerprint density at radius 1 is 0.267 bits per heavy atom. The van der Waals surface area contributed by atoms with E-state index in [0.717, 1.165) is 31.6 Å². The van der Waals surface area contributed by atoms with E-state index >= 15 is 0 Å². The first kappa shape index (κ1) is 95.2. The maximum atomic E-state index is 2.84. The van der Waals surface area contributed by atoms with E-state index in [9.17, 15) is 0 Å². The van der Waals surface area contributed by atoms with Gasteiger partial charge in [-0.15, -0.1) is 0 Å². The van der Waals surface area contributed by atoms with Gasteiger partial charge in [0, 0.05) is 27.1 Å². The first-order valence-electron chi connectivity index (χ1n) is 58.2. The SMILES string of the molecule is CCCCCCCCC12C=CCc3c1c(c1ccccc1c3C)-c1c2cc(C)c2ccccc12.CCCCCCCCC1=CC23CC(CCCCCCCC)Cc4c(C)ccc(c42)-c2ccc(C)c(c23)C1.Cc1c2c3c(c4ccccc14)-c1c4c(c(C)c5ccccc15)CCCC34C=CC2.Cc1ccc2c3c1CC=CC31CCCc3c(C)ccc-2c31.Cc1ccc2c3c1CCCC31C=CCc3c1c-2c1ccccc1c3C. The highest BCUT2D eigenvalue weighted by Crippen LogP contribution is 2.68. The van der Waals surface area contributed by atoms with Crippen LogP contribution in [0.1, 0.15) is 362 Å². The fourth-order valence-corrected chi connectivity index (χ4v) is 33.3. The minimum absolute atomic E-state index is 0.0204. The van der Waals surface area contributed by atoms with E-state index in [0.29, 0.717) is 0 Å². The van der Waals surface area contributed by atoms with Crippen LogP contribution in [0.5, 0.6) is 0 Å². The number of rotatable bonds is 21. The van der Waals surface area contributed by atoms with Crippen molar-refractivity contribution in [1.82, 2.24) is 0 Å². The van der Waals surface area contributed by atoms with E-state index in [1.807, 2.05) is 0 Å². The van der Waals surface area contributed by atoms with Crippen LogP contribution in [0.3, 0.4) is 0 Å². The molecule has 15 aromatic carbocycles. The lowest BCUT2D eigenvalue weighted by molar-refractivity contribution is 0.342. The van der Waals surface area contributed by atoms with Crippen LogP contribution in [-0.4, -0.2) is 0 Å². The molecule has 0 heteroatoms. The highest BCUT2D eigenvalue weighted by atomic mass is 14.6. The quantitative estimate of drug-likeness (QED) is 0.0497. The van der Waals surface area contributed by atoms with Gasteiger partial charge in [-0.3, -0.25) is 0 Å². The zero-order chi connectivity index (χ0) is 99.4. The maximum Gasteiger partial charge on any atom is 0.0405 e. The lowest BCUT2D eigenvalue weighted by atomic mass is 9.60. The number of hydrogen-bond acceptors (Lipinski definition) is 0. The van der Waals surface area contributed by atoms with Gasteiger partial charge in [0.2, 0.25) is 0 Å². The van der Waals surface area contributed by atoms with Gasteiger partial charge in [0.15, 0.2) is 0 Å². The Labute approximate surface area is 873 Å². The molecule has 146 heavy (non-hydrogen) atoms. The number of unbranched alkanes of at least 4 members (excludes halogenated alkanes) is 15. The minimum Gasteiger partial charge on any atom is -0.0829 e. The van der Waals surface area contributed by atoms with Crippen molar-refractivity contribution >= 4 is 53.9 Å². The second-order valence-corrected chi connectivity index (χ2v) is 47.9. The van der Waals surface area contributed by atoms with E-state index in [4.69, 9.17) is 0 Å². The van der Waals surface area contributed by atoms with Crippen molar-refractivity contribution in [2.75, 3.05) is 0 Å². The average Bonchev–Trinajstić information content (AvgIpc) is 1.52. The zero-order valence-electron chi connectivity index (χ0n) is 90.3. The maximum absolute atomic E-state index is 2.84. The summed E-state index contributed by atoms with van der Waals surface area (Å²) in [7, 11) is 0. The molecule has 29 rings (SSSR count). The van der Waals surface area contributed by atoms with E-state index in [2.05, 4.69) is 333 Å². The monoisotopic (exact) mass is 1910 g/mol. The molecule has 14 aliphatic carbocycles. The number of fused-ring (bicyclic) bond motifs is 17. The molecule has 6 atom stereocenters. The normalized spacial score (nSPS) is 20.9. The van der Waals surface area contributed by atoms with Gasteiger partial charge in [-0.1, -0.05) is 385 Å². The lowest BCUT2D eigenvalue weighted by Gasteiger charge is -2.43. The zero-order valence-corrected chi connectivity index (χ0v) is 90.3. The van der Waals surface area contributed by atoms with Crippen LogP contribution < -0.4 is 0 Å². The molecule has 0 nitrogen and oxygen atoms in total. The summed E-state index contributed by atoms with van der Waals surface area (Å²) in [6, 6.07) is 72.0. The summed E-state index contributed by atoms with van der Waals surface area (Å²) in [6.45, 7) is 30.3. The molecule has 0 fully saturated rings. The molecule has 0 saturated heterocycles. The van der Waals surface area contributed by atoms with Crippen LogP contribution in [-0.2, 0) is 84.9 Å². The third kappa shape index (κ3) is 14.5. The Hall–Kier alpha value is -11.7. The van der Waals surface area contributed by atoms with Gasteiger partial charge in [0.1, 0.15) is 0 Å². The summed E-state index contributed by atoms with van der Waals surface area (Å²) in [6.07, 6.45) is 71.3. The summed E-state index contributed by atoms with van der Waals surface area (Å²) >= 11 is 0. The molecule has 0 N–H and O–H groups in total. The molecule has 0 saturated carbocycles. The predicted octanol–water partition coefficient (Wildman–Crippen LogP) is 39.4. The molecule has 15 aromatic rings. The summed E-state index contributed by atoms with van der Waals surface area (Å²) in [5.74, 6) is 0.816. The number of hydrogen-bond donors (Lipinski definition) is 0. The molecule has 738 valence electrons. The lowest BCUT2D eigenvalue weighted by Crippen LogP contribution is -2.36. The van der Waals surface area contributed by atoms with E-state index < -0.39 is 0 Å². The van der Waals surface area contributed by atoms with E-state index in [1.54, 1.807) is 139 Å². The Balaban J connectivity index is 0.0000000962. The molecule has 0 bridgehead atoms. The van der Waals surface area contributed by atoms with Gasteiger partial charge in [0.25, 0.3) is 0 Å². The van der Waals surface area contributed by atoms with Crippen molar-refractivity contribution in [3.8, 4) is 55.6 Å². The Morgan fingerprint density at radius 3 is 1.14 bits per heavy atom. The second-order valence-electron chi connectivity index (χ2n) is 47.9. The minimum atomic E-state index is 0.0204. The van der Waals surface area contributed by atoms with Gasteiger partial charge in [-0.2, -0.15) is 0 Å². The Morgan fingerprint density at radius 2 is 0.616 bits per heavy atom. The third-order valence-electron chi connectivity index (χ3n) is 39.8. The number of allylic oxidation sites excluding steroid dienone is 10. The highest BCUT2D eigenvalue weighted by molar-refractivity contribution is 6.16. The van der Waals surface area contributed by atoms with Crippen molar-refractivity contribution in [2.45, 2.75) is 355 Å². The summed E-state index contributed by atoms with van der Waals surface area (Å²) in [5, 5.41) is 14.4.